The van der Waals surface area contributed by atoms with Crippen molar-refractivity contribution in [1.29, 1.82) is 0 Å². The number of ether oxygens (including phenoxy) is 1. The predicted octanol–water partition coefficient (Wildman–Crippen LogP) is 9.31. The van der Waals surface area contributed by atoms with Gasteiger partial charge in [-0.3, -0.25) is 4.55 Å². The Hall–Kier alpha value is -5.20. The molecule has 1 aromatic carbocycles. The van der Waals surface area contributed by atoms with Gasteiger partial charge >= 0.3 is 5.97 Å². The quantitative estimate of drug-likeness (QED) is 0.108. The Morgan fingerprint density at radius 3 is 2.33 bits per heavy atom. The van der Waals surface area contributed by atoms with Crippen LogP contribution in [0, 0.1) is 5.41 Å². The van der Waals surface area contributed by atoms with E-state index in [4.69, 9.17) is 9.57 Å². The molecule has 2 aromatic rings. The Morgan fingerprint density at radius 2 is 1.67 bits per heavy atom. The number of aromatic hydroxyl groups is 2. The molecule has 310 valence electrons. The summed E-state index contributed by atoms with van der Waals surface area (Å²) in [6.45, 7) is 20.9. The standard InChI is InChI=1S/C46H57N3O8S/c1-10-48-37-28-38-34(27-33(37)30(2)29-45(48,6)7)31(25-40(56-38)44(3,4)5)17-13-11-14-18-39-46(8,9)35-26-32(58(53,54)55)20-21-36(35)47(39)24-16-12-15-19-43(52)57-49-41(50)22-23-42(49)51/h11,13-14,17-18,20-23,25-26,28-29,50-51H,10,12,15-16,19,24,27H2,1-9H3,(H,53,54,55). The smallest absolute Gasteiger partial charge is 0.333 e. The van der Waals surface area contributed by atoms with E-state index in [0.717, 1.165) is 52.6 Å². The van der Waals surface area contributed by atoms with Crippen LogP contribution in [0.2, 0.25) is 0 Å². The largest absolute Gasteiger partial charge is 0.492 e. The molecular weight excluding hydrogens is 755 g/mol. The molecule has 0 unspecified atom stereocenters. The normalized spacial score (nSPS) is 19.6. The molecule has 0 amide bonds. The zero-order valence-corrected chi connectivity index (χ0v) is 35.9. The summed E-state index contributed by atoms with van der Waals surface area (Å²) in [4.78, 5) is 21.9. The summed E-state index contributed by atoms with van der Waals surface area (Å²) in [5, 5.41) is 19.5. The second-order valence-corrected chi connectivity index (χ2v) is 18.8. The number of allylic oxidation sites excluding steroid dienone is 13. The van der Waals surface area contributed by atoms with E-state index in [-0.39, 0.29) is 34.0 Å². The van der Waals surface area contributed by atoms with Gasteiger partial charge in [0.1, 0.15) is 11.5 Å². The minimum atomic E-state index is -4.41. The molecule has 12 heteroatoms. The van der Waals surface area contributed by atoms with Crippen LogP contribution in [-0.4, -0.2) is 57.4 Å². The van der Waals surface area contributed by atoms with Gasteiger partial charge in [0, 0.05) is 77.6 Å². The molecule has 3 N–H and O–H groups in total. The molecule has 0 atom stereocenters. The number of carbonyl (C=O) groups is 1. The Morgan fingerprint density at radius 1 is 0.966 bits per heavy atom. The first-order valence-electron chi connectivity index (χ1n) is 19.9. The fraction of sp³-hybridized carbons (Fsp3) is 0.413. The van der Waals surface area contributed by atoms with Crippen molar-refractivity contribution >= 4 is 21.8 Å². The maximum absolute atomic E-state index is 12.4. The molecule has 0 bridgehead atoms. The van der Waals surface area contributed by atoms with Gasteiger partial charge in [-0.1, -0.05) is 71.4 Å². The van der Waals surface area contributed by atoms with E-state index in [2.05, 4.69) is 82.6 Å². The monoisotopic (exact) mass is 811 g/mol. The first-order chi connectivity index (χ1) is 27.1. The third kappa shape index (κ3) is 8.49. The molecule has 0 fully saturated rings. The average molecular weight is 812 g/mol. The lowest BCUT2D eigenvalue weighted by molar-refractivity contribution is -0.145. The third-order valence-corrected chi connectivity index (χ3v) is 12.2. The molecule has 1 aliphatic carbocycles. The van der Waals surface area contributed by atoms with E-state index in [0.29, 0.717) is 30.5 Å². The van der Waals surface area contributed by atoms with Gasteiger partial charge in [-0.05, 0) is 93.2 Å². The van der Waals surface area contributed by atoms with Crippen LogP contribution in [-0.2, 0) is 25.1 Å². The highest BCUT2D eigenvalue weighted by Crippen LogP contribution is 2.49. The van der Waals surface area contributed by atoms with Crippen LogP contribution in [0.5, 0.6) is 11.8 Å². The van der Waals surface area contributed by atoms with Crippen LogP contribution in [0.4, 0.5) is 5.69 Å². The fourth-order valence-corrected chi connectivity index (χ4v) is 8.84. The molecule has 58 heavy (non-hydrogen) atoms. The Bertz CT molecular complexity index is 2340. The van der Waals surface area contributed by atoms with Crippen molar-refractivity contribution < 1.29 is 37.6 Å². The number of aromatic nitrogens is 1. The molecule has 0 radical (unpaired) electrons. The topological polar surface area (TPSA) is 142 Å². The summed E-state index contributed by atoms with van der Waals surface area (Å²) in [6, 6.07) is 7.15. The Kier molecular flexibility index (Phi) is 11.6. The maximum Gasteiger partial charge on any atom is 0.333 e. The average Bonchev–Trinajstić information content (AvgIpc) is 3.55. The van der Waals surface area contributed by atoms with E-state index >= 15 is 0 Å². The lowest BCUT2D eigenvalue weighted by Gasteiger charge is -2.45. The van der Waals surface area contributed by atoms with Crippen molar-refractivity contribution in [1.82, 2.24) is 9.63 Å². The van der Waals surface area contributed by atoms with Gasteiger partial charge in [-0.2, -0.15) is 8.42 Å². The van der Waals surface area contributed by atoms with Crippen molar-refractivity contribution in [3.63, 3.8) is 0 Å². The second kappa shape index (κ2) is 15.9. The van der Waals surface area contributed by atoms with Crippen molar-refractivity contribution in [2.75, 3.05) is 18.0 Å². The van der Waals surface area contributed by atoms with Gasteiger partial charge in [0.15, 0.2) is 0 Å². The molecule has 0 saturated carbocycles. The van der Waals surface area contributed by atoms with Crippen LogP contribution in [0.15, 0.2) is 129 Å². The van der Waals surface area contributed by atoms with Crippen molar-refractivity contribution in [3.8, 4) is 11.8 Å². The van der Waals surface area contributed by atoms with Crippen molar-refractivity contribution in [3.05, 3.63) is 130 Å². The number of anilines is 1. The van der Waals surface area contributed by atoms with Crippen LogP contribution < -0.4 is 9.74 Å². The zero-order chi connectivity index (χ0) is 42.4. The number of unbranched alkanes of at least 4 members (excludes halogenated alkanes) is 2. The van der Waals surface area contributed by atoms with Crippen molar-refractivity contribution in [2.24, 2.45) is 5.41 Å². The number of carbonyl (C=O) groups excluding carboxylic acids is 1. The molecule has 6 rings (SSSR count). The minimum absolute atomic E-state index is 0.0903. The van der Waals surface area contributed by atoms with Crippen molar-refractivity contribution in [2.45, 2.75) is 110 Å². The fourth-order valence-electron chi connectivity index (χ4n) is 8.33. The molecule has 11 nitrogen and oxygen atoms in total. The summed E-state index contributed by atoms with van der Waals surface area (Å²) in [6.07, 6.45) is 19.7. The van der Waals surface area contributed by atoms with Crippen LogP contribution in [0.25, 0.3) is 0 Å². The number of hydrogen-bond acceptors (Lipinski definition) is 9. The van der Waals surface area contributed by atoms with E-state index < -0.39 is 21.5 Å². The van der Waals surface area contributed by atoms with Gasteiger partial charge in [0.05, 0.1) is 10.4 Å². The van der Waals surface area contributed by atoms with Gasteiger partial charge in [-0.15, -0.1) is 4.73 Å². The van der Waals surface area contributed by atoms with Gasteiger partial charge in [-0.25, -0.2) is 4.79 Å². The summed E-state index contributed by atoms with van der Waals surface area (Å²) < 4.78 is 41.4. The predicted molar refractivity (Wildman–Crippen MR) is 226 cm³/mol. The third-order valence-electron chi connectivity index (χ3n) is 11.3. The highest BCUT2D eigenvalue weighted by molar-refractivity contribution is 7.85. The summed E-state index contributed by atoms with van der Waals surface area (Å²) in [5.74, 6) is 0.467. The summed E-state index contributed by atoms with van der Waals surface area (Å²) >= 11 is 0. The minimum Gasteiger partial charge on any atom is -0.492 e. The van der Waals surface area contributed by atoms with E-state index in [1.165, 1.54) is 35.0 Å². The highest BCUT2D eigenvalue weighted by atomic mass is 32.2. The van der Waals surface area contributed by atoms with Crippen LogP contribution >= 0.6 is 0 Å². The van der Waals surface area contributed by atoms with Crippen LogP contribution in [0.1, 0.15) is 100.0 Å². The van der Waals surface area contributed by atoms with E-state index in [1.54, 1.807) is 12.1 Å². The highest BCUT2D eigenvalue weighted by Gasteiger charge is 2.41. The first-order valence-corrected chi connectivity index (χ1v) is 21.4. The number of fused-ring (bicyclic) bond motifs is 2. The molecule has 3 aliphatic heterocycles. The van der Waals surface area contributed by atoms with E-state index in [1.807, 2.05) is 38.2 Å². The number of hydrogen-bond donors (Lipinski definition) is 3. The molecule has 4 aliphatic rings. The number of likely N-dealkylation sites (N-methyl/N-ethyl adjacent to an activating group) is 1. The van der Waals surface area contributed by atoms with Crippen LogP contribution in [0.3, 0.4) is 0 Å². The first kappa shape index (κ1) is 42.4. The summed E-state index contributed by atoms with van der Waals surface area (Å²) in [7, 11) is -4.41. The van der Waals surface area contributed by atoms with E-state index in [9.17, 15) is 28.0 Å². The number of rotatable bonds is 12. The van der Waals surface area contributed by atoms with Gasteiger partial charge < -0.3 is 29.6 Å². The number of benzene rings is 1. The SMILES string of the molecule is CCN1C2=C(CC3=C(C=CC=CC=C4N(CCCCCC(=O)On5c(O)ccc5O)c5ccc(S(=O)(=O)O)cc5C4(C)C)C=C(C(C)(C)C)OC3=C2)C(C)=CC1(C)C. The lowest BCUT2D eigenvalue weighted by Crippen LogP contribution is -2.44. The Labute approximate surface area is 343 Å². The Balaban J connectivity index is 1.24. The van der Waals surface area contributed by atoms with Gasteiger partial charge in [0.25, 0.3) is 10.1 Å². The number of nitrogens with zero attached hydrogens (tertiary/aromatic N) is 3. The molecule has 0 spiro atoms. The molecule has 0 saturated heterocycles. The molecule has 4 heterocycles. The molecular formula is C46H57N3O8S. The lowest BCUT2D eigenvalue weighted by atomic mass is 9.80. The zero-order valence-electron chi connectivity index (χ0n) is 35.1. The summed E-state index contributed by atoms with van der Waals surface area (Å²) in [5.41, 5.74) is 7.79. The second-order valence-electron chi connectivity index (χ2n) is 17.4. The maximum atomic E-state index is 12.4. The molecule has 1 aromatic heterocycles. The van der Waals surface area contributed by atoms with Gasteiger partial charge in [0.2, 0.25) is 11.8 Å².